The zero-order chi connectivity index (χ0) is 12.8. The van der Waals surface area contributed by atoms with Gasteiger partial charge in [0.05, 0.1) is 0 Å². The number of benzene rings is 1. The van der Waals surface area contributed by atoms with Gasteiger partial charge in [0.25, 0.3) is 0 Å². The molecule has 0 aliphatic carbocycles. The van der Waals surface area contributed by atoms with E-state index in [9.17, 15) is 0 Å². The van der Waals surface area contributed by atoms with Crippen molar-refractivity contribution in [1.29, 1.82) is 0 Å². The molecule has 0 saturated heterocycles. The second-order valence-electron chi connectivity index (χ2n) is 4.72. The molecule has 1 unspecified atom stereocenters. The van der Waals surface area contributed by atoms with Gasteiger partial charge in [-0.2, -0.15) is 0 Å². The molecule has 0 radical (unpaired) electrons. The van der Waals surface area contributed by atoms with Crippen LogP contribution in [0, 0.1) is 6.92 Å². The Morgan fingerprint density at radius 3 is 2.71 bits per heavy atom. The first-order valence-electron chi connectivity index (χ1n) is 6.20. The summed E-state index contributed by atoms with van der Waals surface area (Å²) in [5.41, 5.74) is 2.64. The molecule has 0 aliphatic heterocycles. The highest BCUT2D eigenvalue weighted by atomic mass is 79.9. The predicted octanol–water partition coefficient (Wildman–Crippen LogP) is 3.19. The van der Waals surface area contributed by atoms with Crippen molar-refractivity contribution in [1.82, 2.24) is 10.2 Å². The molecule has 2 nitrogen and oxygen atoms in total. The minimum absolute atomic E-state index is 0.518. The average Bonchev–Trinajstić information content (AvgIpc) is 2.30. The van der Waals surface area contributed by atoms with Crippen molar-refractivity contribution in [2.24, 2.45) is 0 Å². The van der Waals surface area contributed by atoms with Crippen LogP contribution in [0.4, 0.5) is 0 Å². The quantitative estimate of drug-likeness (QED) is 0.868. The molecular weight excluding hydrogens is 276 g/mol. The molecule has 1 aromatic carbocycles. The lowest BCUT2D eigenvalue weighted by Gasteiger charge is -2.20. The number of nitrogens with one attached hydrogen (secondary N) is 1. The lowest BCUT2D eigenvalue weighted by atomic mass is 10.1. The molecule has 0 amide bonds. The normalized spacial score (nSPS) is 13.1. The first-order chi connectivity index (χ1) is 8.02. The summed E-state index contributed by atoms with van der Waals surface area (Å²) >= 11 is 3.52. The number of hydrogen-bond donors (Lipinski definition) is 1. The van der Waals surface area contributed by atoms with Crippen LogP contribution < -0.4 is 5.32 Å². The van der Waals surface area contributed by atoms with Crippen LogP contribution in [0.25, 0.3) is 0 Å². The molecule has 0 bridgehead atoms. The summed E-state index contributed by atoms with van der Waals surface area (Å²) in [6, 6.07) is 7.03. The third kappa shape index (κ3) is 5.19. The number of nitrogens with zero attached hydrogens (tertiary/aromatic N) is 1. The molecule has 0 aliphatic rings. The van der Waals surface area contributed by atoms with Gasteiger partial charge in [-0.25, -0.2) is 0 Å². The van der Waals surface area contributed by atoms with Crippen molar-refractivity contribution >= 4 is 15.9 Å². The summed E-state index contributed by atoms with van der Waals surface area (Å²) in [6.07, 6.45) is 0. The van der Waals surface area contributed by atoms with Gasteiger partial charge in [0.15, 0.2) is 0 Å². The lowest BCUT2D eigenvalue weighted by Crippen LogP contribution is -2.36. The Hall–Kier alpha value is -0.380. The molecule has 17 heavy (non-hydrogen) atoms. The maximum atomic E-state index is 3.55. The smallest absolute Gasteiger partial charge is 0.0208 e. The van der Waals surface area contributed by atoms with E-state index in [2.05, 4.69) is 72.2 Å². The van der Waals surface area contributed by atoms with Gasteiger partial charge in [-0.1, -0.05) is 35.0 Å². The van der Waals surface area contributed by atoms with E-state index in [0.717, 1.165) is 19.6 Å². The average molecular weight is 299 g/mol. The van der Waals surface area contributed by atoms with Crippen molar-refractivity contribution in [3.05, 3.63) is 33.8 Å². The van der Waals surface area contributed by atoms with Crippen molar-refractivity contribution < 1.29 is 0 Å². The molecule has 3 heteroatoms. The second-order valence-corrected chi connectivity index (χ2v) is 5.57. The Bertz CT molecular complexity index is 352. The highest BCUT2D eigenvalue weighted by molar-refractivity contribution is 9.10. The summed E-state index contributed by atoms with van der Waals surface area (Å²) in [7, 11) is 2.15. The summed E-state index contributed by atoms with van der Waals surface area (Å²) < 4.78 is 1.18. The van der Waals surface area contributed by atoms with Crippen LogP contribution >= 0.6 is 15.9 Å². The maximum absolute atomic E-state index is 3.55. The zero-order valence-electron chi connectivity index (χ0n) is 11.3. The van der Waals surface area contributed by atoms with E-state index in [-0.39, 0.29) is 0 Å². The van der Waals surface area contributed by atoms with E-state index in [0.29, 0.717) is 6.04 Å². The minimum atomic E-state index is 0.518. The van der Waals surface area contributed by atoms with Crippen LogP contribution in [0.2, 0.25) is 0 Å². The highest BCUT2D eigenvalue weighted by Gasteiger charge is 2.04. The standard InChI is InChI=1S/C14H23BrN2/c1-5-17(4)10-12(3)16-9-13-6-7-14(15)11(2)8-13/h6-8,12,16H,5,9-10H2,1-4H3. The Labute approximate surface area is 114 Å². The van der Waals surface area contributed by atoms with Crippen molar-refractivity contribution in [2.75, 3.05) is 20.1 Å². The Balaban J connectivity index is 2.42. The fourth-order valence-electron chi connectivity index (χ4n) is 1.77. The monoisotopic (exact) mass is 298 g/mol. The zero-order valence-corrected chi connectivity index (χ0v) is 12.8. The van der Waals surface area contributed by atoms with Crippen molar-refractivity contribution in [3.8, 4) is 0 Å². The number of rotatable bonds is 6. The fraction of sp³-hybridized carbons (Fsp3) is 0.571. The van der Waals surface area contributed by atoms with Gasteiger partial charge in [0.2, 0.25) is 0 Å². The van der Waals surface area contributed by atoms with Crippen LogP contribution in [-0.2, 0) is 6.54 Å². The van der Waals surface area contributed by atoms with E-state index < -0.39 is 0 Å². The molecule has 0 heterocycles. The second kappa shape index (κ2) is 7.14. The van der Waals surface area contributed by atoms with Crippen molar-refractivity contribution in [2.45, 2.75) is 33.4 Å². The van der Waals surface area contributed by atoms with Gasteiger partial charge in [0, 0.05) is 23.6 Å². The highest BCUT2D eigenvalue weighted by Crippen LogP contribution is 2.16. The molecule has 0 aromatic heterocycles. The number of aryl methyl sites for hydroxylation is 1. The van der Waals surface area contributed by atoms with Crippen LogP contribution in [0.1, 0.15) is 25.0 Å². The van der Waals surface area contributed by atoms with Gasteiger partial charge in [0.1, 0.15) is 0 Å². The first-order valence-corrected chi connectivity index (χ1v) is 6.99. The van der Waals surface area contributed by atoms with Gasteiger partial charge in [-0.05, 0) is 44.6 Å². The minimum Gasteiger partial charge on any atom is -0.309 e. The Morgan fingerprint density at radius 1 is 1.41 bits per heavy atom. The molecule has 0 saturated carbocycles. The van der Waals surface area contributed by atoms with Crippen LogP contribution in [0.3, 0.4) is 0 Å². The fourth-order valence-corrected chi connectivity index (χ4v) is 2.02. The summed E-state index contributed by atoms with van der Waals surface area (Å²) in [6.45, 7) is 9.67. The van der Waals surface area contributed by atoms with Gasteiger partial charge in [-0.15, -0.1) is 0 Å². The molecule has 1 N–H and O–H groups in total. The lowest BCUT2D eigenvalue weighted by molar-refractivity contribution is 0.309. The third-order valence-electron chi connectivity index (χ3n) is 3.00. The Kier molecular flexibility index (Phi) is 6.17. The largest absolute Gasteiger partial charge is 0.309 e. The van der Waals surface area contributed by atoms with Gasteiger partial charge >= 0.3 is 0 Å². The Morgan fingerprint density at radius 2 is 2.12 bits per heavy atom. The van der Waals surface area contributed by atoms with Gasteiger partial charge in [-0.3, -0.25) is 0 Å². The predicted molar refractivity (Wildman–Crippen MR) is 78.4 cm³/mol. The van der Waals surface area contributed by atoms with Crippen LogP contribution in [0.15, 0.2) is 22.7 Å². The number of likely N-dealkylation sites (N-methyl/N-ethyl adjacent to an activating group) is 1. The molecule has 1 aromatic rings. The number of halogens is 1. The molecule has 96 valence electrons. The van der Waals surface area contributed by atoms with Gasteiger partial charge < -0.3 is 10.2 Å². The maximum Gasteiger partial charge on any atom is 0.0208 e. The van der Waals surface area contributed by atoms with E-state index in [1.807, 2.05) is 0 Å². The number of hydrogen-bond acceptors (Lipinski definition) is 2. The summed E-state index contributed by atoms with van der Waals surface area (Å²) in [5.74, 6) is 0. The topological polar surface area (TPSA) is 15.3 Å². The summed E-state index contributed by atoms with van der Waals surface area (Å²) in [4.78, 5) is 2.32. The van der Waals surface area contributed by atoms with Crippen molar-refractivity contribution in [3.63, 3.8) is 0 Å². The third-order valence-corrected chi connectivity index (χ3v) is 3.89. The molecule has 1 rings (SSSR count). The van der Waals surface area contributed by atoms with E-state index >= 15 is 0 Å². The summed E-state index contributed by atoms with van der Waals surface area (Å²) in [5, 5.41) is 3.55. The van der Waals surface area contributed by atoms with Crippen LogP contribution in [0.5, 0.6) is 0 Å². The SMILES string of the molecule is CCN(C)CC(C)NCc1ccc(Br)c(C)c1. The first kappa shape index (κ1) is 14.7. The van der Waals surface area contributed by atoms with E-state index in [1.165, 1.54) is 15.6 Å². The molecular formula is C14H23BrN2. The molecule has 0 spiro atoms. The van der Waals surface area contributed by atoms with Crippen LogP contribution in [-0.4, -0.2) is 31.1 Å². The van der Waals surface area contributed by atoms with E-state index in [1.54, 1.807) is 0 Å². The molecule has 0 fully saturated rings. The van der Waals surface area contributed by atoms with E-state index in [4.69, 9.17) is 0 Å². The molecule has 1 atom stereocenters.